The molecule has 2 heterocycles. The predicted molar refractivity (Wildman–Crippen MR) is 63.2 cm³/mol. The lowest BCUT2D eigenvalue weighted by Gasteiger charge is -2.00. The zero-order valence-electron chi connectivity index (χ0n) is 8.99. The number of carbonyl (C=O) groups excluding carboxylic acids is 1. The third-order valence-electron chi connectivity index (χ3n) is 2.11. The second-order valence-corrected chi connectivity index (χ2v) is 4.90. The molecule has 0 saturated heterocycles. The van der Waals surface area contributed by atoms with Crippen molar-refractivity contribution in [3.05, 3.63) is 21.9 Å². The molecule has 0 aliphatic carbocycles. The lowest BCUT2D eigenvalue weighted by molar-refractivity contribution is -0.142. The summed E-state index contributed by atoms with van der Waals surface area (Å²) in [5.74, 6) is -0.282. The van der Waals surface area contributed by atoms with E-state index in [0.717, 1.165) is 9.84 Å². The molecule has 0 fully saturated rings. The van der Waals surface area contributed by atoms with Gasteiger partial charge in [-0.3, -0.25) is 9.20 Å². The Hall–Kier alpha value is -1.07. The minimum Gasteiger partial charge on any atom is -0.466 e. The average Bonchev–Trinajstić information content (AvgIpc) is 2.66. The van der Waals surface area contributed by atoms with E-state index in [4.69, 9.17) is 16.3 Å². The van der Waals surface area contributed by atoms with Crippen LogP contribution in [0, 0.1) is 6.92 Å². The molecule has 0 unspecified atom stereocenters. The van der Waals surface area contributed by atoms with Crippen LogP contribution in [0.4, 0.5) is 0 Å². The Kier molecular flexibility index (Phi) is 3.16. The number of hydrogen-bond acceptors (Lipinski definition) is 4. The molecule has 0 aliphatic heterocycles. The summed E-state index contributed by atoms with van der Waals surface area (Å²) in [4.78, 5) is 17.5. The first kappa shape index (κ1) is 11.4. The highest BCUT2D eigenvalue weighted by Gasteiger charge is 2.16. The van der Waals surface area contributed by atoms with Crippen molar-refractivity contribution in [2.24, 2.45) is 0 Å². The van der Waals surface area contributed by atoms with Crippen LogP contribution < -0.4 is 0 Å². The molecule has 0 N–H and O–H groups in total. The Morgan fingerprint density at radius 1 is 1.69 bits per heavy atom. The highest BCUT2D eigenvalue weighted by Crippen LogP contribution is 2.24. The van der Waals surface area contributed by atoms with E-state index in [1.165, 1.54) is 0 Å². The number of aryl methyl sites for hydroxylation is 1. The van der Waals surface area contributed by atoms with Gasteiger partial charge in [-0.15, -0.1) is 11.3 Å². The summed E-state index contributed by atoms with van der Waals surface area (Å²) in [6.07, 6.45) is 2.08. The van der Waals surface area contributed by atoms with E-state index in [9.17, 15) is 4.79 Å². The maximum absolute atomic E-state index is 11.4. The summed E-state index contributed by atoms with van der Waals surface area (Å²) in [5.41, 5.74) is 0.694. The third-order valence-corrected chi connectivity index (χ3v) is 3.31. The number of rotatable bonds is 3. The molecule has 2 rings (SSSR count). The molecule has 6 heteroatoms. The molecule has 0 saturated carbocycles. The first-order chi connectivity index (χ1) is 7.61. The van der Waals surface area contributed by atoms with Crippen molar-refractivity contribution in [3.8, 4) is 0 Å². The van der Waals surface area contributed by atoms with Gasteiger partial charge >= 0.3 is 5.97 Å². The van der Waals surface area contributed by atoms with Crippen molar-refractivity contribution < 1.29 is 9.53 Å². The molecule has 2 aromatic rings. The maximum atomic E-state index is 11.4. The molecular formula is C10H11ClN2O2S. The second kappa shape index (κ2) is 4.43. The summed E-state index contributed by atoms with van der Waals surface area (Å²) in [6, 6.07) is 0. The molecule has 16 heavy (non-hydrogen) atoms. The number of halogens is 1. The van der Waals surface area contributed by atoms with Gasteiger partial charge in [-0.2, -0.15) is 0 Å². The molecule has 0 bridgehead atoms. The van der Waals surface area contributed by atoms with Crippen LogP contribution in [0.5, 0.6) is 0 Å². The fraction of sp³-hybridized carbons (Fsp3) is 0.400. The molecule has 2 aromatic heterocycles. The van der Waals surface area contributed by atoms with Crippen molar-refractivity contribution in [3.63, 3.8) is 0 Å². The van der Waals surface area contributed by atoms with Crippen LogP contribution in [0.25, 0.3) is 4.96 Å². The van der Waals surface area contributed by atoms with Gasteiger partial charge in [0.25, 0.3) is 0 Å². The first-order valence-electron chi connectivity index (χ1n) is 4.90. The first-order valence-corrected chi connectivity index (χ1v) is 6.09. The molecule has 0 amide bonds. The van der Waals surface area contributed by atoms with E-state index in [1.54, 1.807) is 18.3 Å². The number of carbonyl (C=O) groups is 1. The van der Waals surface area contributed by atoms with Gasteiger partial charge in [0.15, 0.2) is 10.1 Å². The highest BCUT2D eigenvalue weighted by molar-refractivity contribution is 7.17. The minimum atomic E-state index is -0.282. The Balaban J connectivity index is 2.34. The third kappa shape index (κ3) is 2.05. The second-order valence-electron chi connectivity index (χ2n) is 3.33. The molecular weight excluding hydrogens is 248 g/mol. The Labute approximate surface area is 102 Å². The van der Waals surface area contributed by atoms with Crippen LogP contribution in [0.15, 0.2) is 6.20 Å². The van der Waals surface area contributed by atoms with E-state index < -0.39 is 0 Å². The molecule has 0 aromatic carbocycles. The van der Waals surface area contributed by atoms with E-state index in [1.807, 2.05) is 17.5 Å². The normalized spacial score (nSPS) is 10.9. The number of imidazole rings is 1. The molecule has 0 atom stereocenters. The molecule has 86 valence electrons. The van der Waals surface area contributed by atoms with Crippen molar-refractivity contribution in [1.82, 2.24) is 9.38 Å². The van der Waals surface area contributed by atoms with Crippen molar-refractivity contribution in [2.75, 3.05) is 6.61 Å². The monoisotopic (exact) mass is 258 g/mol. The topological polar surface area (TPSA) is 43.6 Å². The van der Waals surface area contributed by atoms with Crippen LogP contribution in [-0.2, 0) is 16.0 Å². The van der Waals surface area contributed by atoms with E-state index >= 15 is 0 Å². The predicted octanol–water partition coefficient (Wildman–Crippen LogP) is 2.46. The lowest BCUT2D eigenvalue weighted by atomic mass is 10.3. The van der Waals surface area contributed by atoms with E-state index in [-0.39, 0.29) is 12.4 Å². The van der Waals surface area contributed by atoms with Gasteiger partial charge in [0, 0.05) is 11.1 Å². The van der Waals surface area contributed by atoms with Crippen molar-refractivity contribution >= 4 is 33.9 Å². The number of ether oxygens (including phenoxy) is 1. The fourth-order valence-corrected chi connectivity index (χ4v) is 2.61. The number of fused-ring (bicyclic) bond motifs is 1. The van der Waals surface area contributed by atoms with Gasteiger partial charge in [-0.25, -0.2) is 4.98 Å². The summed E-state index contributed by atoms with van der Waals surface area (Å²) >= 11 is 7.52. The largest absolute Gasteiger partial charge is 0.466 e. The number of aromatic nitrogens is 2. The van der Waals surface area contributed by atoms with Crippen molar-refractivity contribution in [1.29, 1.82) is 0 Å². The zero-order chi connectivity index (χ0) is 11.7. The lowest BCUT2D eigenvalue weighted by Crippen LogP contribution is -2.09. The van der Waals surface area contributed by atoms with Crippen LogP contribution in [-0.4, -0.2) is 22.0 Å². The zero-order valence-corrected chi connectivity index (χ0v) is 10.6. The van der Waals surface area contributed by atoms with Gasteiger partial charge in [0.2, 0.25) is 0 Å². The fourth-order valence-electron chi connectivity index (χ4n) is 1.48. The number of nitrogens with zero attached hydrogens (tertiary/aromatic N) is 2. The molecule has 0 aliphatic rings. The Bertz CT molecular complexity index is 532. The number of esters is 1. The summed E-state index contributed by atoms with van der Waals surface area (Å²) in [5, 5.41) is 0.374. The van der Waals surface area contributed by atoms with E-state index in [2.05, 4.69) is 4.98 Å². The minimum absolute atomic E-state index is 0.157. The van der Waals surface area contributed by atoms with Crippen molar-refractivity contribution in [2.45, 2.75) is 20.3 Å². The van der Waals surface area contributed by atoms with Gasteiger partial charge in [-0.05, 0) is 13.8 Å². The van der Waals surface area contributed by atoms with Crippen LogP contribution in [0.1, 0.15) is 17.5 Å². The van der Waals surface area contributed by atoms with Gasteiger partial charge in [0.05, 0.1) is 18.7 Å². The highest BCUT2D eigenvalue weighted by atomic mass is 35.5. The molecule has 4 nitrogen and oxygen atoms in total. The standard InChI is InChI=1S/C10H11ClN2O2S/c1-3-15-8(14)4-7-9(11)12-10-13(7)5-6(2)16-10/h5H,3-4H2,1-2H3. The summed E-state index contributed by atoms with van der Waals surface area (Å²) < 4.78 is 6.74. The number of thiazole rings is 1. The van der Waals surface area contributed by atoms with Gasteiger partial charge in [-0.1, -0.05) is 11.6 Å². The SMILES string of the molecule is CCOC(=O)Cc1c(Cl)nc2sc(C)cn12. The average molecular weight is 259 g/mol. The number of hydrogen-bond donors (Lipinski definition) is 0. The van der Waals surface area contributed by atoms with Gasteiger partial charge in [0.1, 0.15) is 0 Å². The molecule has 0 radical (unpaired) electrons. The van der Waals surface area contributed by atoms with E-state index in [0.29, 0.717) is 17.5 Å². The van der Waals surface area contributed by atoms with Crippen LogP contribution in [0.2, 0.25) is 5.15 Å². The summed E-state index contributed by atoms with van der Waals surface area (Å²) in [6.45, 7) is 4.14. The molecule has 0 spiro atoms. The van der Waals surface area contributed by atoms with Gasteiger partial charge < -0.3 is 4.74 Å². The summed E-state index contributed by atoms with van der Waals surface area (Å²) in [7, 11) is 0. The Morgan fingerprint density at radius 3 is 3.12 bits per heavy atom. The van der Waals surface area contributed by atoms with Crippen LogP contribution >= 0.6 is 22.9 Å². The quantitative estimate of drug-likeness (QED) is 0.795. The Morgan fingerprint density at radius 2 is 2.44 bits per heavy atom. The van der Waals surface area contributed by atoms with Crippen LogP contribution in [0.3, 0.4) is 0 Å². The smallest absolute Gasteiger partial charge is 0.311 e. The maximum Gasteiger partial charge on any atom is 0.311 e.